The number of allylic oxidation sites excluding steroid dienone is 2. The Morgan fingerprint density at radius 1 is 1.09 bits per heavy atom. The molecule has 8 heteroatoms. The highest BCUT2D eigenvalue weighted by molar-refractivity contribution is 7.91. The topological polar surface area (TPSA) is 85.3 Å². The number of carbonyl (C=O) groups is 1. The van der Waals surface area contributed by atoms with Gasteiger partial charge in [-0.15, -0.1) is 4.40 Å². The molecule has 2 aromatic rings. The van der Waals surface area contributed by atoms with Crippen LogP contribution in [0, 0.1) is 0 Å². The van der Waals surface area contributed by atoms with Crippen LogP contribution in [0.15, 0.2) is 89.4 Å². The van der Waals surface area contributed by atoms with Crippen LogP contribution in [0.3, 0.4) is 0 Å². The van der Waals surface area contributed by atoms with Gasteiger partial charge in [0.25, 0.3) is 10.0 Å². The molecule has 0 fully saturated rings. The van der Waals surface area contributed by atoms with E-state index in [2.05, 4.69) is 4.40 Å². The first-order valence-corrected chi connectivity index (χ1v) is 12.2. The predicted molar refractivity (Wildman–Crippen MR) is 129 cm³/mol. The van der Waals surface area contributed by atoms with Crippen LogP contribution in [0.1, 0.15) is 23.7 Å². The third-order valence-corrected chi connectivity index (χ3v) is 6.57. The van der Waals surface area contributed by atoms with Crippen molar-refractivity contribution in [2.24, 2.45) is 4.40 Å². The first-order valence-electron chi connectivity index (χ1n) is 10.7. The van der Waals surface area contributed by atoms with Crippen molar-refractivity contribution in [3.63, 3.8) is 0 Å². The van der Waals surface area contributed by atoms with E-state index in [1.54, 1.807) is 61.4 Å². The number of benzene rings is 2. The number of para-hydroxylation sites is 1. The van der Waals surface area contributed by atoms with Gasteiger partial charge in [0.2, 0.25) is 0 Å². The van der Waals surface area contributed by atoms with E-state index in [0.717, 1.165) is 0 Å². The molecule has 1 aliphatic rings. The molecule has 1 heterocycles. The van der Waals surface area contributed by atoms with Crippen molar-refractivity contribution in [3.8, 4) is 5.75 Å². The van der Waals surface area contributed by atoms with Gasteiger partial charge in [-0.1, -0.05) is 60.7 Å². The van der Waals surface area contributed by atoms with Crippen molar-refractivity contribution in [2.75, 3.05) is 20.2 Å². The van der Waals surface area contributed by atoms with E-state index >= 15 is 0 Å². The summed E-state index contributed by atoms with van der Waals surface area (Å²) in [6.07, 6.45) is 6.60. The average molecular weight is 469 g/mol. The lowest BCUT2D eigenvalue weighted by Crippen LogP contribution is -2.40. The van der Waals surface area contributed by atoms with E-state index in [1.807, 2.05) is 42.5 Å². The largest absolute Gasteiger partial charge is 0.490 e. The molecular weight excluding hydrogens is 440 g/mol. The van der Waals surface area contributed by atoms with E-state index in [1.165, 1.54) is 0 Å². The maximum atomic E-state index is 12.7. The van der Waals surface area contributed by atoms with Crippen molar-refractivity contribution >= 4 is 21.8 Å². The second kappa shape index (κ2) is 11.5. The molecule has 0 aromatic heterocycles. The summed E-state index contributed by atoms with van der Waals surface area (Å²) >= 11 is 0. The Hall–Kier alpha value is -3.39. The molecule has 2 aromatic carbocycles. The lowest BCUT2D eigenvalue weighted by molar-refractivity contribution is 0.0129. The van der Waals surface area contributed by atoms with Gasteiger partial charge in [-0.2, -0.15) is 0 Å². The van der Waals surface area contributed by atoms with E-state index < -0.39 is 27.3 Å². The maximum absolute atomic E-state index is 12.7. The molecule has 2 unspecified atom stereocenters. The lowest BCUT2D eigenvalue weighted by atomic mass is 10.2. The molecule has 0 amide bonds. The Kier molecular flexibility index (Phi) is 8.43. The van der Waals surface area contributed by atoms with Crippen LogP contribution < -0.4 is 4.74 Å². The fourth-order valence-corrected chi connectivity index (χ4v) is 4.06. The average Bonchev–Trinajstić information content (AvgIpc) is 2.88. The lowest BCUT2D eigenvalue weighted by Gasteiger charge is -2.26. The minimum Gasteiger partial charge on any atom is -0.490 e. The predicted octanol–water partition coefficient (Wildman–Crippen LogP) is 3.86. The van der Waals surface area contributed by atoms with Crippen LogP contribution in [-0.2, 0) is 14.8 Å². The number of ether oxygens (including phenoxy) is 2. The number of carbonyl (C=O) groups excluding carboxylic acids is 1. The van der Waals surface area contributed by atoms with Gasteiger partial charge in [0.15, 0.2) is 6.10 Å². The van der Waals surface area contributed by atoms with Crippen molar-refractivity contribution < 1.29 is 22.7 Å². The number of hydrogen-bond acceptors (Lipinski definition) is 6. The Balaban J connectivity index is 1.78. The first kappa shape index (κ1) is 24.3. The summed E-state index contributed by atoms with van der Waals surface area (Å²) < 4.78 is 40.8. The molecule has 0 aliphatic carbocycles. The molecule has 0 saturated heterocycles. The number of likely N-dealkylation sites (N-methyl/N-ethyl adjacent to an activating group) is 1. The molecule has 3 rings (SSSR count). The van der Waals surface area contributed by atoms with Gasteiger partial charge in [-0.3, -0.25) is 0 Å². The molecular formula is C25H28N2O5S. The van der Waals surface area contributed by atoms with E-state index in [9.17, 15) is 13.2 Å². The molecule has 0 spiro atoms. The Bertz CT molecular complexity index is 1110. The maximum Gasteiger partial charge on any atom is 0.338 e. The minimum atomic E-state index is -3.72. The Morgan fingerprint density at radius 3 is 2.45 bits per heavy atom. The van der Waals surface area contributed by atoms with Gasteiger partial charge in [-0.25, -0.2) is 13.2 Å². The molecule has 0 saturated carbocycles. The van der Waals surface area contributed by atoms with Crippen LogP contribution in [0.4, 0.5) is 0 Å². The minimum absolute atomic E-state index is 0.0980. The van der Waals surface area contributed by atoms with Crippen LogP contribution in [0.25, 0.3) is 0 Å². The van der Waals surface area contributed by atoms with Gasteiger partial charge >= 0.3 is 5.97 Å². The molecule has 7 nitrogen and oxygen atoms in total. The first-order chi connectivity index (χ1) is 15.8. The summed E-state index contributed by atoms with van der Waals surface area (Å²) in [5.74, 6) is 0.529. The third kappa shape index (κ3) is 7.32. The highest BCUT2D eigenvalue weighted by atomic mass is 32.2. The summed E-state index contributed by atoms with van der Waals surface area (Å²) in [5.41, 5.74) is 0.426. The molecule has 0 N–H and O–H groups in total. The van der Waals surface area contributed by atoms with Crippen LogP contribution in [0.2, 0.25) is 0 Å². The SMILES string of the molecule is CC1/C=C\C=C/C/C(N(C)CC(COc2ccccc2)OC(=O)c2ccccc2)=N\S1(=O)=O. The molecule has 174 valence electrons. The zero-order valence-electron chi connectivity index (χ0n) is 18.7. The summed E-state index contributed by atoms with van der Waals surface area (Å²) in [7, 11) is -1.99. The normalized spacial score (nSPS) is 21.8. The van der Waals surface area contributed by atoms with Crippen molar-refractivity contribution in [1.82, 2.24) is 4.90 Å². The number of esters is 1. The zero-order valence-corrected chi connectivity index (χ0v) is 19.5. The fourth-order valence-electron chi connectivity index (χ4n) is 3.10. The van der Waals surface area contributed by atoms with Gasteiger partial charge < -0.3 is 14.4 Å². The van der Waals surface area contributed by atoms with E-state index in [4.69, 9.17) is 9.47 Å². The quantitative estimate of drug-likeness (QED) is 0.574. The summed E-state index contributed by atoms with van der Waals surface area (Å²) in [6.45, 7) is 1.89. The summed E-state index contributed by atoms with van der Waals surface area (Å²) in [6, 6.07) is 17.9. The van der Waals surface area contributed by atoms with Crippen LogP contribution in [-0.4, -0.2) is 56.7 Å². The third-order valence-electron chi connectivity index (χ3n) is 5.01. The van der Waals surface area contributed by atoms with Gasteiger partial charge in [-0.05, 0) is 31.2 Å². The van der Waals surface area contributed by atoms with Crippen molar-refractivity contribution in [3.05, 3.63) is 90.5 Å². The highest BCUT2D eigenvalue weighted by Crippen LogP contribution is 2.14. The van der Waals surface area contributed by atoms with Crippen molar-refractivity contribution in [1.29, 1.82) is 0 Å². The number of sulfonamides is 1. The zero-order chi connectivity index (χ0) is 23.7. The molecule has 2 atom stereocenters. The van der Waals surface area contributed by atoms with E-state index in [-0.39, 0.29) is 13.2 Å². The smallest absolute Gasteiger partial charge is 0.338 e. The molecule has 33 heavy (non-hydrogen) atoms. The monoisotopic (exact) mass is 468 g/mol. The Morgan fingerprint density at radius 2 is 1.76 bits per heavy atom. The van der Waals surface area contributed by atoms with Crippen molar-refractivity contribution in [2.45, 2.75) is 24.7 Å². The van der Waals surface area contributed by atoms with Gasteiger partial charge in [0.1, 0.15) is 18.2 Å². The number of amidine groups is 1. The fraction of sp³-hybridized carbons (Fsp3) is 0.280. The van der Waals surface area contributed by atoms with Crippen LogP contribution in [0.5, 0.6) is 5.75 Å². The second-order valence-corrected chi connectivity index (χ2v) is 9.60. The van der Waals surface area contributed by atoms with Gasteiger partial charge in [0, 0.05) is 13.5 Å². The van der Waals surface area contributed by atoms with Crippen LogP contribution >= 0.6 is 0 Å². The summed E-state index contributed by atoms with van der Waals surface area (Å²) in [5, 5.41) is -0.739. The number of rotatable bonds is 7. The number of nitrogens with zero attached hydrogens (tertiary/aromatic N) is 2. The Labute approximate surface area is 195 Å². The molecule has 0 radical (unpaired) electrons. The number of hydrogen-bond donors (Lipinski definition) is 0. The molecule has 1 aliphatic heterocycles. The summed E-state index contributed by atoms with van der Waals surface area (Å²) in [4.78, 5) is 14.4. The second-order valence-electron chi connectivity index (χ2n) is 7.64. The van der Waals surface area contributed by atoms with E-state index in [0.29, 0.717) is 23.6 Å². The molecule has 0 bridgehead atoms. The highest BCUT2D eigenvalue weighted by Gasteiger charge is 2.24. The standard InChI is InChI=1S/C25H28N2O5S/c1-20-12-6-3-11-17-24(26-33(20,29)30)27(2)18-23(19-31-22-15-9-5-10-16-22)32-25(28)21-13-7-4-8-14-21/h3-16,20,23H,17-19H2,1-2H3/b11-3-,12-6-,26-24+. The van der Waals surface area contributed by atoms with Gasteiger partial charge in [0.05, 0.1) is 17.4 Å².